The molecule has 0 fully saturated rings. The average molecular weight is 381 g/mol. The van der Waals surface area contributed by atoms with Gasteiger partial charge in [-0.05, 0) is 36.8 Å². The second kappa shape index (κ2) is 8.77. The van der Waals surface area contributed by atoms with E-state index < -0.39 is 0 Å². The molecule has 0 aliphatic heterocycles. The third kappa shape index (κ3) is 4.92. The number of nitrogens with zero attached hydrogens (tertiary/aromatic N) is 4. The highest BCUT2D eigenvalue weighted by Gasteiger charge is 2.15. The highest BCUT2D eigenvalue weighted by atomic mass is 32.1. The SMILES string of the molecule is CCN(Cc1ccc(N(C)C)cc1)C(=O)Cc1csc(-c2ccccn2)n1. The fourth-order valence-corrected chi connectivity index (χ4v) is 3.55. The molecular weight excluding hydrogens is 356 g/mol. The summed E-state index contributed by atoms with van der Waals surface area (Å²) in [5.41, 5.74) is 3.92. The van der Waals surface area contributed by atoms with Crippen LogP contribution in [0.3, 0.4) is 0 Å². The molecule has 140 valence electrons. The highest BCUT2D eigenvalue weighted by Crippen LogP contribution is 2.22. The molecule has 27 heavy (non-hydrogen) atoms. The second-order valence-electron chi connectivity index (χ2n) is 6.50. The van der Waals surface area contributed by atoms with Crippen molar-refractivity contribution in [2.45, 2.75) is 19.9 Å². The zero-order valence-electron chi connectivity index (χ0n) is 15.9. The van der Waals surface area contributed by atoms with Crippen molar-refractivity contribution in [2.24, 2.45) is 0 Å². The van der Waals surface area contributed by atoms with Gasteiger partial charge in [-0.3, -0.25) is 9.78 Å². The number of likely N-dealkylation sites (N-methyl/N-ethyl adjacent to an activating group) is 1. The summed E-state index contributed by atoms with van der Waals surface area (Å²) in [6.07, 6.45) is 2.06. The number of amides is 1. The van der Waals surface area contributed by atoms with Gasteiger partial charge in [0.05, 0.1) is 17.8 Å². The normalized spacial score (nSPS) is 10.6. The highest BCUT2D eigenvalue weighted by molar-refractivity contribution is 7.13. The van der Waals surface area contributed by atoms with Crippen LogP contribution in [0.15, 0.2) is 54.0 Å². The largest absolute Gasteiger partial charge is 0.378 e. The maximum Gasteiger partial charge on any atom is 0.228 e. The quantitative estimate of drug-likeness (QED) is 0.624. The van der Waals surface area contributed by atoms with Crippen molar-refractivity contribution in [3.05, 3.63) is 65.3 Å². The summed E-state index contributed by atoms with van der Waals surface area (Å²) in [5.74, 6) is 0.0899. The van der Waals surface area contributed by atoms with Crippen molar-refractivity contribution >= 4 is 22.9 Å². The van der Waals surface area contributed by atoms with Crippen LogP contribution in [0.4, 0.5) is 5.69 Å². The van der Waals surface area contributed by atoms with E-state index in [-0.39, 0.29) is 5.91 Å². The Morgan fingerprint density at radius 3 is 2.52 bits per heavy atom. The number of thiazole rings is 1. The molecule has 5 nitrogen and oxygen atoms in total. The maximum atomic E-state index is 12.7. The van der Waals surface area contributed by atoms with E-state index in [4.69, 9.17) is 0 Å². The van der Waals surface area contributed by atoms with Gasteiger partial charge in [0.2, 0.25) is 5.91 Å². The number of anilines is 1. The van der Waals surface area contributed by atoms with Crippen LogP contribution in [-0.4, -0.2) is 41.4 Å². The van der Waals surface area contributed by atoms with Crippen LogP contribution in [0.5, 0.6) is 0 Å². The van der Waals surface area contributed by atoms with Crippen molar-refractivity contribution in [1.29, 1.82) is 0 Å². The topological polar surface area (TPSA) is 49.3 Å². The Labute approximate surface area is 164 Å². The molecule has 1 amide bonds. The van der Waals surface area contributed by atoms with Gasteiger partial charge in [0.15, 0.2) is 0 Å². The summed E-state index contributed by atoms with van der Waals surface area (Å²) in [7, 11) is 4.04. The van der Waals surface area contributed by atoms with Crippen LogP contribution >= 0.6 is 11.3 Å². The molecule has 2 heterocycles. The minimum absolute atomic E-state index is 0.0899. The molecule has 0 saturated heterocycles. The van der Waals surface area contributed by atoms with Crippen LogP contribution in [0.2, 0.25) is 0 Å². The Morgan fingerprint density at radius 1 is 1.11 bits per heavy atom. The molecule has 0 bridgehead atoms. The minimum Gasteiger partial charge on any atom is -0.378 e. The van der Waals surface area contributed by atoms with Gasteiger partial charge in [-0.1, -0.05) is 18.2 Å². The zero-order chi connectivity index (χ0) is 19.2. The molecule has 0 N–H and O–H groups in total. The van der Waals surface area contributed by atoms with Gasteiger partial charge in [0, 0.05) is 44.4 Å². The molecule has 0 spiro atoms. The summed E-state index contributed by atoms with van der Waals surface area (Å²) in [6.45, 7) is 3.29. The lowest BCUT2D eigenvalue weighted by Crippen LogP contribution is -2.31. The molecule has 3 rings (SSSR count). The Hall–Kier alpha value is -2.73. The Kier molecular flexibility index (Phi) is 6.19. The van der Waals surface area contributed by atoms with E-state index in [2.05, 4.69) is 39.1 Å². The Balaban J connectivity index is 1.64. The van der Waals surface area contributed by atoms with Gasteiger partial charge in [-0.25, -0.2) is 4.98 Å². The number of aromatic nitrogens is 2. The smallest absolute Gasteiger partial charge is 0.228 e. The van der Waals surface area contributed by atoms with Gasteiger partial charge < -0.3 is 9.80 Å². The monoisotopic (exact) mass is 380 g/mol. The number of rotatable bonds is 7. The molecule has 0 aliphatic carbocycles. The number of pyridine rings is 1. The zero-order valence-corrected chi connectivity index (χ0v) is 16.7. The molecule has 6 heteroatoms. The summed E-state index contributed by atoms with van der Waals surface area (Å²) >= 11 is 1.52. The van der Waals surface area contributed by atoms with Crippen LogP contribution < -0.4 is 4.90 Å². The molecule has 0 unspecified atom stereocenters. The molecule has 1 aromatic carbocycles. The minimum atomic E-state index is 0.0899. The lowest BCUT2D eigenvalue weighted by Gasteiger charge is -2.21. The standard InChI is InChI=1S/C21H24N4OS/c1-4-25(14-16-8-10-18(11-9-16)24(2)3)20(26)13-17-15-27-21(23-17)19-7-5-6-12-22-19/h5-12,15H,4,13-14H2,1-3H3. The number of hydrogen-bond donors (Lipinski definition) is 0. The second-order valence-corrected chi connectivity index (χ2v) is 7.36. The summed E-state index contributed by atoms with van der Waals surface area (Å²) in [4.78, 5) is 25.6. The maximum absolute atomic E-state index is 12.7. The van der Waals surface area contributed by atoms with E-state index in [1.54, 1.807) is 6.20 Å². The number of hydrogen-bond acceptors (Lipinski definition) is 5. The Bertz CT molecular complexity index is 875. The summed E-state index contributed by atoms with van der Waals surface area (Å²) < 4.78 is 0. The van der Waals surface area contributed by atoms with Crippen molar-refractivity contribution in [1.82, 2.24) is 14.9 Å². The van der Waals surface area contributed by atoms with Crippen LogP contribution in [0.25, 0.3) is 10.7 Å². The van der Waals surface area contributed by atoms with E-state index >= 15 is 0 Å². The predicted molar refractivity (Wildman–Crippen MR) is 111 cm³/mol. The van der Waals surface area contributed by atoms with Crippen LogP contribution in [-0.2, 0) is 17.8 Å². The van der Waals surface area contributed by atoms with E-state index in [1.165, 1.54) is 11.3 Å². The van der Waals surface area contributed by atoms with Crippen LogP contribution in [0.1, 0.15) is 18.2 Å². The number of carbonyl (C=O) groups is 1. The fraction of sp³-hybridized carbons (Fsp3) is 0.286. The first-order chi connectivity index (χ1) is 13.1. The number of carbonyl (C=O) groups excluding carboxylic acids is 1. The molecule has 0 atom stereocenters. The predicted octanol–water partition coefficient (Wildman–Crippen LogP) is 3.86. The fourth-order valence-electron chi connectivity index (χ4n) is 2.76. The van der Waals surface area contributed by atoms with Gasteiger partial charge in [0.25, 0.3) is 0 Å². The first-order valence-electron chi connectivity index (χ1n) is 8.96. The third-order valence-electron chi connectivity index (χ3n) is 4.33. The van der Waals surface area contributed by atoms with Crippen molar-refractivity contribution in [3.63, 3.8) is 0 Å². The lowest BCUT2D eigenvalue weighted by atomic mass is 10.1. The molecule has 2 aromatic heterocycles. The van der Waals surface area contributed by atoms with Gasteiger partial charge in [-0.15, -0.1) is 11.3 Å². The van der Waals surface area contributed by atoms with Gasteiger partial charge >= 0.3 is 0 Å². The molecule has 0 saturated carbocycles. The molecular formula is C21H24N4OS. The average Bonchev–Trinajstić information content (AvgIpc) is 3.15. The van der Waals surface area contributed by atoms with E-state index in [1.807, 2.05) is 49.5 Å². The third-order valence-corrected chi connectivity index (χ3v) is 5.24. The van der Waals surface area contributed by atoms with Gasteiger partial charge in [-0.2, -0.15) is 0 Å². The van der Waals surface area contributed by atoms with Crippen molar-refractivity contribution in [2.75, 3.05) is 25.5 Å². The van der Waals surface area contributed by atoms with Crippen LogP contribution in [0, 0.1) is 0 Å². The van der Waals surface area contributed by atoms with E-state index in [9.17, 15) is 4.79 Å². The first kappa shape index (κ1) is 19.0. The van der Waals surface area contributed by atoms with E-state index in [0.29, 0.717) is 19.5 Å². The van der Waals surface area contributed by atoms with Crippen molar-refractivity contribution < 1.29 is 4.79 Å². The summed E-state index contributed by atoms with van der Waals surface area (Å²) in [6, 6.07) is 14.1. The van der Waals surface area contributed by atoms with Gasteiger partial charge in [0.1, 0.15) is 5.01 Å². The van der Waals surface area contributed by atoms with E-state index in [0.717, 1.165) is 27.6 Å². The summed E-state index contributed by atoms with van der Waals surface area (Å²) in [5, 5.41) is 2.79. The lowest BCUT2D eigenvalue weighted by molar-refractivity contribution is -0.130. The molecule has 0 radical (unpaired) electrons. The molecule has 0 aliphatic rings. The first-order valence-corrected chi connectivity index (χ1v) is 9.84. The Morgan fingerprint density at radius 2 is 1.89 bits per heavy atom. The van der Waals surface area contributed by atoms with Crippen molar-refractivity contribution in [3.8, 4) is 10.7 Å². The molecule has 3 aromatic rings. The number of benzene rings is 1.